The second kappa shape index (κ2) is 5.49. The molecule has 100 valence electrons. The molecule has 0 aliphatic carbocycles. The van der Waals surface area contributed by atoms with Crippen LogP contribution in [-0.2, 0) is 0 Å². The Kier molecular flexibility index (Phi) is 4.37. The van der Waals surface area contributed by atoms with Crippen LogP contribution in [0.1, 0.15) is 37.0 Å². The van der Waals surface area contributed by atoms with Gasteiger partial charge in [0.25, 0.3) is 0 Å². The Labute approximate surface area is 122 Å². The molecule has 1 aromatic rings. The number of piperidine rings is 1. The van der Waals surface area contributed by atoms with Crippen LogP contribution in [-0.4, -0.2) is 30.3 Å². The summed E-state index contributed by atoms with van der Waals surface area (Å²) < 4.78 is 1.07. The van der Waals surface area contributed by atoms with Crippen LogP contribution in [0.25, 0.3) is 0 Å². The van der Waals surface area contributed by atoms with Gasteiger partial charge in [-0.2, -0.15) is 0 Å². The molecule has 0 saturated carbocycles. The van der Waals surface area contributed by atoms with Crippen molar-refractivity contribution in [1.29, 1.82) is 0 Å². The summed E-state index contributed by atoms with van der Waals surface area (Å²) in [7, 11) is 0. The Hall–Kier alpha value is -0.0900. The molecule has 0 N–H and O–H groups in total. The van der Waals surface area contributed by atoms with Gasteiger partial charge in [0.05, 0.1) is 16.4 Å². The highest BCUT2D eigenvalue weighted by Crippen LogP contribution is 2.32. The van der Waals surface area contributed by atoms with Crippen molar-refractivity contribution in [3.05, 3.63) is 20.3 Å². The van der Waals surface area contributed by atoms with E-state index in [0.29, 0.717) is 26.2 Å². The average molecular weight is 306 g/mol. The topological polar surface area (TPSA) is 20.3 Å². The largest absolute Gasteiger partial charge is 0.295 e. The van der Waals surface area contributed by atoms with Crippen molar-refractivity contribution in [2.45, 2.75) is 26.7 Å². The first-order valence-corrected chi connectivity index (χ1v) is 7.65. The van der Waals surface area contributed by atoms with E-state index in [1.54, 1.807) is 6.07 Å². The zero-order chi connectivity index (χ0) is 13.3. The van der Waals surface area contributed by atoms with Gasteiger partial charge >= 0.3 is 0 Å². The molecule has 1 aliphatic rings. The number of Topliss-reactive ketones (excluding diaryl/α,β-unsaturated/α-hetero) is 1. The Bertz CT molecular complexity index is 456. The number of carbonyl (C=O) groups is 1. The maximum atomic E-state index is 12.2. The molecule has 0 radical (unpaired) electrons. The minimum absolute atomic E-state index is 0.0702. The highest BCUT2D eigenvalue weighted by atomic mass is 35.5. The van der Waals surface area contributed by atoms with Crippen LogP contribution in [0, 0.1) is 5.41 Å². The van der Waals surface area contributed by atoms with E-state index in [1.165, 1.54) is 17.8 Å². The molecular formula is C13H17Cl2NOS. The number of thiophene rings is 1. The lowest BCUT2D eigenvalue weighted by Crippen LogP contribution is -2.42. The molecule has 0 unspecified atom stereocenters. The second-order valence-electron chi connectivity index (χ2n) is 5.64. The number of likely N-dealkylation sites (tertiary alicyclic amines) is 1. The molecule has 1 saturated heterocycles. The molecule has 0 aromatic carbocycles. The van der Waals surface area contributed by atoms with Gasteiger partial charge in [-0.25, -0.2) is 0 Å². The zero-order valence-electron chi connectivity index (χ0n) is 10.6. The smallest absolute Gasteiger partial charge is 0.179 e. The fourth-order valence-electron chi connectivity index (χ4n) is 2.50. The molecule has 0 spiro atoms. The molecule has 2 nitrogen and oxygen atoms in total. The van der Waals surface area contributed by atoms with Crippen molar-refractivity contribution in [3.63, 3.8) is 0 Å². The third-order valence-electron chi connectivity index (χ3n) is 3.30. The maximum absolute atomic E-state index is 12.2. The number of ketones is 1. The molecule has 2 rings (SSSR count). The Balaban J connectivity index is 2.01. The number of rotatable bonds is 3. The summed E-state index contributed by atoms with van der Waals surface area (Å²) in [6.07, 6.45) is 2.38. The first-order chi connectivity index (χ1) is 8.37. The summed E-state index contributed by atoms with van der Waals surface area (Å²) >= 11 is 13.1. The van der Waals surface area contributed by atoms with Gasteiger partial charge < -0.3 is 0 Å². The van der Waals surface area contributed by atoms with E-state index < -0.39 is 0 Å². The minimum Gasteiger partial charge on any atom is -0.295 e. The van der Waals surface area contributed by atoms with Gasteiger partial charge in [-0.15, -0.1) is 11.3 Å². The van der Waals surface area contributed by atoms with Crippen LogP contribution in [0.15, 0.2) is 6.07 Å². The lowest BCUT2D eigenvalue weighted by molar-refractivity contribution is 0.0810. The van der Waals surface area contributed by atoms with Gasteiger partial charge in [0.2, 0.25) is 0 Å². The molecule has 1 aromatic heterocycles. The molecule has 0 atom stereocenters. The first kappa shape index (κ1) is 14.3. The third kappa shape index (κ3) is 3.47. The monoisotopic (exact) mass is 305 g/mol. The average Bonchev–Trinajstić information content (AvgIpc) is 2.56. The number of nitrogens with zero attached hydrogens (tertiary/aromatic N) is 1. The number of hydrogen-bond donors (Lipinski definition) is 0. The van der Waals surface area contributed by atoms with Crippen molar-refractivity contribution < 1.29 is 4.79 Å². The second-order valence-corrected chi connectivity index (χ2v) is 7.93. The van der Waals surface area contributed by atoms with E-state index in [4.69, 9.17) is 23.2 Å². The van der Waals surface area contributed by atoms with E-state index in [1.807, 2.05) is 0 Å². The lowest BCUT2D eigenvalue weighted by atomic mass is 9.84. The number of carbonyl (C=O) groups excluding carboxylic acids is 1. The summed E-state index contributed by atoms with van der Waals surface area (Å²) in [5, 5.41) is 0. The molecule has 18 heavy (non-hydrogen) atoms. The Morgan fingerprint density at radius 1 is 1.50 bits per heavy atom. The quantitative estimate of drug-likeness (QED) is 0.773. The van der Waals surface area contributed by atoms with E-state index in [-0.39, 0.29) is 5.78 Å². The van der Waals surface area contributed by atoms with Gasteiger partial charge in [-0.3, -0.25) is 9.69 Å². The van der Waals surface area contributed by atoms with Crippen LogP contribution in [0.3, 0.4) is 0 Å². The van der Waals surface area contributed by atoms with E-state index >= 15 is 0 Å². The Morgan fingerprint density at radius 2 is 2.22 bits per heavy atom. The summed E-state index contributed by atoms with van der Waals surface area (Å²) in [4.78, 5) is 14.4. The fourth-order valence-corrected chi connectivity index (χ4v) is 4.00. The summed E-state index contributed by atoms with van der Waals surface area (Å²) in [6.45, 7) is 6.89. The molecule has 0 bridgehead atoms. The van der Waals surface area contributed by atoms with Crippen LogP contribution >= 0.6 is 34.5 Å². The number of halogens is 2. The molecule has 0 amide bonds. The summed E-state index contributed by atoms with van der Waals surface area (Å²) in [5.74, 6) is 0.0702. The third-order valence-corrected chi connectivity index (χ3v) is 4.79. The van der Waals surface area contributed by atoms with Crippen LogP contribution < -0.4 is 0 Å². The summed E-state index contributed by atoms with van der Waals surface area (Å²) in [6, 6.07) is 1.67. The lowest BCUT2D eigenvalue weighted by Gasteiger charge is -2.37. The predicted octanol–water partition coefficient (Wildman–Crippen LogP) is 4.36. The van der Waals surface area contributed by atoms with E-state index in [2.05, 4.69) is 18.7 Å². The van der Waals surface area contributed by atoms with Crippen molar-refractivity contribution in [3.8, 4) is 0 Å². The van der Waals surface area contributed by atoms with Gasteiger partial charge in [-0.1, -0.05) is 37.0 Å². The minimum atomic E-state index is 0.0702. The van der Waals surface area contributed by atoms with Gasteiger partial charge in [0.1, 0.15) is 4.34 Å². The van der Waals surface area contributed by atoms with Crippen LogP contribution in [0.4, 0.5) is 0 Å². The van der Waals surface area contributed by atoms with Crippen molar-refractivity contribution in [1.82, 2.24) is 4.90 Å². The SMILES string of the molecule is CC1(C)CCCN(CC(=O)c2cc(Cl)sc2Cl)C1. The molecule has 2 heterocycles. The standard InChI is InChI=1S/C13H17Cl2NOS/c1-13(2)4-3-5-16(8-13)7-10(17)9-6-11(14)18-12(9)15/h6H,3-5,7-8H2,1-2H3. The number of hydrogen-bond acceptors (Lipinski definition) is 3. The van der Waals surface area contributed by atoms with Crippen LogP contribution in [0.5, 0.6) is 0 Å². The van der Waals surface area contributed by atoms with Crippen molar-refractivity contribution in [2.75, 3.05) is 19.6 Å². The summed E-state index contributed by atoms with van der Waals surface area (Å²) in [5.41, 5.74) is 0.865. The normalized spacial score (nSPS) is 20.0. The highest BCUT2D eigenvalue weighted by molar-refractivity contribution is 7.20. The van der Waals surface area contributed by atoms with Crippen LogP contribution in [0.2, 0.25) is 8.67 Å². The van der Waals surface area contributed by atoms with Crippen molar-refractivity contribution >= 4 is 40.3 Å². The Morgan fingerprint density at radius 3 is 2.78 bits per heavy atom. The zero-order valence-corrected chi connectivity index (χ0v) is 13.0. The van der Waals surface area contributed by atoms with E-state index in [0.717, 1.165) is 19.5 Å². The fraction of sp³-hybridized carbons (Fsp3) is 0.615. The van der Waals surface area contributed by atoms with E-state index in [9.17, 15) is 4.79 Å². The van der Waals surface area contributed by atoms with Crippen molar-refractivity contribution in [2.24, 2.45) is 5.41 Å². The van der Waals surface area contributed by atoms with Gasteiger partial charge in [0.15, 0.2) is 5.78 Å². The molecule has 5 heteroatoms. The predicted molar refractivity (Wildman–Crippen MR) is 78.1 cm³/mol. The van der Waals surface area contributed by atoms with Gasteiger partial charge in [0, 0.05) is 6.54 Å². The van der Waals surface area contributed by atoms with Gasteiger partial charge in [-0.05, 0) is 30.9 Å². The molecular weight excluding hydrogens is 289 g/mol. The molecule has 1 aliphatic heterocycles. The maximum Gasteiger partial charge on any atom is 0.179 e. The molecule has 1 fully saturated rings. The highest BCUT2D eigenvalue weighted by Gasteiger charge is 2.28. The first-order valence-electron chi connectivity index (χ1n) is 6.08.